The van der Waals surface area contributed by atoms with Crippen molar-refractivity contribution in [2.24, 2.45) is 0 Å². The monoisotopic (exact) mass is 347 g/mol. The van der Waals surface area contributed by atoms with Gasteiger partial charge in [-0.25, -0.2) is 9.97 Å². The summed E-state index contributed by atoms with van der Waals surface area (Å²) in [5.41, 5.74) is 3.13. The minimum Gasteiger partial charge on any atom is -0.350 e. The number of rotatable bonds is 6. The Morgan fingerprint density at radius 1 is 1.12 bits per heavy atom. The molecule has 0 aliphatic rings. The van der Waals surface area contributed by atoms with Gasteiger partial charge >= 0.3 is 0 Å². The van der Waals surface area contributed by atoms with E-state index in [1.807, 2.05) is 56.3 Å². The molecule has 0 saturated heterocycles. The van der Waals surface area contributed by atoms with Gasteiger partial charge in [-0.15, -0.1) is 0 Å². The molecule has 26 heavy (non-hydrogen) atoms. The van der Waals surface area contributed by atoms with Gasteiger partial charge in [-0.2, -0.15) is 0 Å². The molecule has 0 saturated carbocycles. The molecule has 3 aromatic rings. The summed E-state index contributed by atoms with van der Waals surface area (Å²) in [6, 6.07) is 15.2. The number of benzene rings is 1. The summed E-state index contributed by atoms with van der Waals surface area (Å²) >= 11 is 0. The highest BCUT2D eigenvalue weighted by atomic mass is 16.1. The second-order valence-corrected chi connectivity index (χ2v) is 6.04. The van der Waals surface area contributed by atoms with Crippen LogP contribution in [0.25, 0.3) is 0 Å². The van der Waals surface area contributed by atoms with Crippen molar-refractivity contribution < 1.29 is 4.79 Å². The number of anilines is 1. The minimum atomic E-state index is -0.226. The second kappa shape index (κ2) is 8.20. The number of hydrogen-bond donors (Lipinski definition) is 2. The SMILES string of the molecule is Cc1cc(C(=O)NC(C)c2ccccc2)nc(NCc2cccnc2)n1. The van der Waals surface area contributed by atoms with E-state index in [2.05, 4.69) is 25.6 Å². The maximum absolute atomic E-state index is 12.6. The van der Waals surface area contributed by atoms with Crippen LogP contribution >= 0.6 is 0 Å². The van der Waals surface area contributed by atoms with Crippen LogP contribution < -0.4 is 10.6 Å². The summed E-state index contributed by atoms with van der Waals surface area (Å²) in [6.45, 7) is 4.33. The van der Waals surface area contributed by atoms with Gasteiger partial charge in [0.1, 0.15) is 5.69 Å². The smallest absolute Gasteiger partial charge is 0.270 e. The predicted molar refractivity (Wildman–Crippen MR) is 101 cm³/mol. The number of hydrogen-bond acceptors (Lipinski definition) is 5. The van der Waals surface area contributed by atoms with E-state index in [9.17, 15) is 4.79 Å². The van der Waals surface area contributed by atoms with Gasteiger partial charge in [0.15, 0.2) is 0 Å². The molecule has 1 aromatic carbocycles. The molecular weight excluding hydrogens is 326 g/mol. The number of amides is 1. The van der Waals surface area contributed by atoms with Gasteiger partial charge in [0.25, 0.3) is 5.91 Å². The fourth-order valence-electron chi connectivity index (χ4n) is 2.54. The molecule has 6 nitrogen and oxygen atoms in total. The van der Waals surface area contributed by atoms with E-state index >= 15 is 0 Å². The van der Waals surface area contributed by atoms with E-state index in [4.69, 9.17) is 0 Å². The average Bonchev–Trinajstić information content (AvgIpc) is 2.67. The van der Waals surface area contributed by atoms with E-state index in [1.165, 1.54) is 0 Å². The van der Waals surface area contributed by atoms with Gasteiger partial charge in [-0.3, -0.25) is 9.78 Å². The molecule has 2 aromatic heterocycles. The summed E-state index contributed by atoms with van der Waals surface area (Å²) in [4.78, 5) is 25.3. The molecule has 1 atom stereocenters. The summed E-state index contributed by atoms with van der Waals surface area (Å²) < 4.78 is 0. The minimum absolute atomic E-state index is 0.106. The number of nitrogens with one attached hydrogen (secondary N) is 2. The molecule has 0 bridgehead atoms. The Kier molecular flexibility index (Phi) is 5.53. The van der Waals surface area contributed by atoms with Gasteiger partial charge < -0.3 is 10.6 Å². The fourth-order valence-corrected chi connectivity index (χ4v) is 2.54. The fraction of sp³-hybridized carbons (Fsp3) is 0.200. The van der Waals surface area contributed by atoms with Crippen LogP contribution in [0.2, 0.25) is 0 Å². The van der Waals surface area contributed by atoms with E-state index in [1.54, 1.807) is 18.5 Å². The number of aromatic nitrogens is 3. The zero-order chi connectivity index (χ0) is 18.4. The number of nitrogens with zero attached hydrogens (tertiary/aromatic N) is 3. The Labute approximate surface area is 152 Å². The molecule has 1 amide bonds. The molecule has 132 valence electrons. The van der Waals surface area contributed by atoms with Crippen molar-refractivity contribution in [2.45, 2.75) is 26.4 Å². The van der Waals surface area contributed by atoms with Crippen LogP contribution in [0.4, 0.5) is 5.95 Å². The third kappa shape index (κ3) is 4.63. The largest absolute Gasteiger partial charge is 0.350 e. The van der Waals surface area contributed by atoms with E-state index in [0.717, 1.165) is 16.8 Å². The lowest BCUT2D eigenvalue weighted by Crippen LogP contribution is -2.28. The zero-order valence-electron chi connectivity index (χ0n) is 14.8. The van der Waals surface area contributed by atoms with Crippen molar-refractivity contribution in [1.82, 2.24) is 20.3 Å². The maximum Gasteiger partial charge on any atom is 0.270 e. The first-order valence-electron chi connectivity index (χ1n) is 8.46. The zero-order valence-corrected chi connectivity index (χ0v) is 14.8. The normalized spacial score (nSPS) is 11.6. The highest BCUT2D eigenvalue weighted by Gasteiger charge is 2.14. The lowest BCUT2D eigenvalue weighted by atomic mass is 10.1. The van der Waals surface area contributed by atoms with Gasteiger partial charge in [-0.05, 0) is 37.1 Å². The Bertz CT molecular complexity index is 868. The van der Waals surface area contributed by atoms with Crippen LogP contribution in [0.5, 0.6) is 0 Å². The maximum atomic E-state index is 12.6. The topological polar surface area (TPSA) is 79.8 Å². The lowest BCUT2D eigenvalue weighted by Gasteiger charge is -2.14. The van der Waals surface area contributed by atoms with Gasteiger partial charge in [0, 0.05) is 24.6 Å². The predicted octanol–water partition coefficient (Wildman–Crippen LogP) is 3.28. The Hall–Kier alpha value is -3.28. The lowest BCUT2D eigenvalue weighted by molar-refractivity contribution is 0.0934. The van der Waals surface area contributed by atoms with Crippen molar-refractivity contribution in [3.05, 3.63) is 83.4 Å². The Morgan fingerprint density at radius 2 is 1.92 bits per heavy atom. The first-order valence-corrected chi connectivity index (χ1v) is 8.46. The quantitative estimate of drug-likeness (QED) is 0.715. The first kappa shape index (κ1) is 17.5. The number of pyridine rings is 1. The third-order valence-electron chi connectivity index (χ3n) is 3.91. The second-order valence-electron chi connectivity index (χ2n) is 6.04. The summed E-state index contributed by atoms with van der Waals surface area (Å²) in [7, 11) is 0. The molecule has 0 aliphatic carbocycles. The molecule has 2 N–H and O–H groups in total. The van der Waals surface area contributed by atoms with Crippen molar-refractivity contribution in [1.29, 1.82) is 0 Å². The summed E-state index contributed by atoms with van der Waals surface area (Å²) in [5, 5.41) is 6.11. The van der Waals surface area contributed by atoms with Crippen LogP contribution in [0.3, 0.4) is 0 Å². The van der Waals surface area contributed by atoms with Gasteiger partial charge in [-0.1, -0.05) is 36.4 Å². The van der Waals surface area contributed by atoms with Crippen LogP contribution in [0.15, 0.2) is 60.9 Å². The van der Waals surface area contributed by atoms with Gasteiger partial charge in [0.05, 0.1) is 6.04 Å². The first-order chi connectivity index (χ1) is 12.6. The van der Waals surface area contributed by atoms with Crippen LogP contribution in [-0.2, 0) is 6.54 Å². The van der Waals surface area contributed by atoms with Crippen LogP contribution in [0, 0.1) is 6.92 Å². The molecule has 6 heteroatoms. The molecule has 0 aliphatic heterocycles. The van der Waals surface area contributed by atoms with Gasteiger partial charge in [0.2, 0.25) is 5.95 Å². The summed E-state index contributed by atoms with van der Waals surface area (Å²) in [5.74, 6) is 0.197. The highest BCUT2D eigenvalue weighted by Crippen LogP contribution is 2.13. The molecule has 3 rings (SSSR count). The van der Waals surface area contributed by atoms with Crippen molar-refractivity contribution >= 4 is 11.9 Å². The Balaban J connectivity index is 1.69. The standard InChI is InChI=1S/C20H21N5O/c1-14-11-18(19(26)24-15(2)17-8-4-3-5-9-17)25-20(23-14)22-13-16-7-6-10-21-12-16/h3-12,15H,13H2,1-2H3,(H,24,26)(H,22,23,25). The van der Waals surface area contributed by atoms with E-state index in [0.29, 0.717) is 18.2 Å². The third-order valence-corrected chi connectivity index (χ3v) is 3.91. The van der Waals surface area contributed by atoms with Crippen molar-refractivity contribution in [3.8, 4) is 0 Å². The number of aryl methyl sites for hydroxylation is 1. The number of carbonyl (C=O) groups excluding carboxylic acids is 1. The molecule has 0 fully saturated rings. The summed E-state index contributed by atoms with van der Waals surface area (Å²) in [6.07, 6.45) is 3.50. The molecule has 2 heterocycles. The van der Waals surface area contributed by atoms with Crippen molar-refractivity contribution in [2.75, 3.05) is 5.32 Å². The molecule has 0 spiro atoms. The number of carbonyl (C=O) groups is 1. The highest BCUT2D eigenvalue weighted by molar-refractivity contribution is 5.92. The van der Waals surface area contributed by atoms with Crippen LogP contribution in [-0.4, -0.2) is 20.9 Å². The average molecular weight is 347 g/mol. The Morgan fingerprint density at radius 3 is 2.65 bits per heavy atom. The van der Waals surface area contributed by atoms with Crippen LogP contribution in [0.1, 0.15) is 40.3 Å². The molecule has 1 unspecified atom stereocenters. The molecule has 0 radical (unpaired) electrons. The van der Waals surface area contributed by atoms with E-state index in [-0.39, 0.29) is 11.9 Å². The van der Waals surface area contributed by atoms with E-state index < -0.39 is 0 Å². The van der Waals surface area contributed by atoms with Crippen molar-refractivity contribution in [3.63, 3.8) is 0 Å². The molecular formula is C20H21N5O.